The van der Waals surface area contributed by atoms with Crippen molar-refractivity contribution >= 4 is 10.0 Å². The molecule has 6 nitrogen and oxygen atoms in total. The summed E-state index contributed by atoms with van der Waals surface area (Å²) >= 11 is 0. The monoisotopic (exact) mass is 429 g/mol. The van der Waals surface area contributed by atoms with Crippen LogP contribution in [0, 0.1) is 19.7 Å². The second kappa shape index (κ2) is 8.29. The summed E-state index contributed by atoms with van der Waals surface area (Å²) in [5.41, 5.74) is 2.45. The van der Waals surface area contributed by atoms with E-state index in [9.17, 15) is 12.8 Å². The molecular formula is C22H24FN3O3S. The van der Waals surface area contributed by atoms with E-state index in [1.807, 2.05) is 26.0 Å². The molecule has 1 saturated heterocycles. The zero-order valence-electron chi connectivity index (χ0n) is 17.0. The molecule has 0 spiro atoms. The van der Waals surface area contributed by atoms with Crippen molar-refractivity contribution in [2.75, 3.05) is 26.2 Å². The van der Waals surface area contributed by atoms with E-state index >= 15 is 0 Å². The Bertz CT molecular complexity index is 1130. The topological polar surface area (TPSA) is 66.7 Å². The Hall–Kier alpha value is -2.55. The summed E-state index contributed by atoms with van der Waals surface area (Å²) in [5, 5.41) is 0. The minimum Gasteiger partial charge on any atom is -0.439 e. The van der Waals surface area contributed by atoms with Crippen LogP contribution < -0.4 is 0 Å². The molecule has 158 valence electrons. The number of piperazine rings is 1. The van der Waals surface area contributed by atoms with Crippen LogP contribution in [0.4, 0.5) is 4.39 Å². The van der Waals surface area contributed by atoms with Crippen LogP contribution in [0.15, 0.2) is 58.0 Å². The van der Waals surface area contributed by atoms with Gasteiger partial charge in [0.05, 0.1) is 17.6 Å². The fourth-order valence-electron chi connectivity index (χ4n) is 3.57. The highest BCUT2D eigenvalue weighted by atomic mass is 32.2. The van der Waals surface area contributed by atoms with Crippen molar-refractivity contribution in [3.63, 3.8) is 0 Å². The number of aryl methyl sites for hydroxylation is 2. The Morgan fingerprint density at radius 1 is 1.03 bits per heavy atom. The third kappa shape index (κ3) is 4.30. The first-order valence-electron chi connectivity index (χ1n) is 9.83. The molecule has 1 aromatic heterocycles. The predicted octanol–water partition coefficient (Wildman–Crippen LogP) is 3.60. The third-order valence-electron chi connectivity index (χ3n) is 5.33. The number of halogens is 1. The molecule has 0 aliphatic carbocycles. The summed E-state index contributed by atoms with van der Waals surface area (Å²) < 4.78 is 46.5. The number of aromatic nitrogens is 1. The predicted molar refractivity (Wildman–Crippen MR) is 112 cm³/mol. The van der Waals surface area contributed by atoms with Crippen molar-refractivity contribution in [3.8, 4) is 11.3 Å². The zero-order valence-corrected chi connectivity index (χ0v) is 17.8. The molecule has 1 aliphatic heterocycles. The van der Waals surface area contributed by atoms with Crippen LogP contribution in [-0.2, 0) is 16.6 Å². The van der Waals surface area contributed by atoms with E-state index in [0.717, 1.165) is 16.7 Å². The number of benzene rings is 2. The Labute approximate surface area is 176 Å². The molecule has 0 radical (unpaired) electrons. The summed E-state index contributed by atoms with van der Waals surface area (Å²) in [6, 6.07) is 11.6. The molecule has 0 amide bonds. The van der Waals surface area contributed by atoms with Crippen molar-refractivity contribution in [2.45, 2.75) is 25.3 Å². The fraction of sp³-hybridized carbons (Fsp3) is 0.318. The second-order valence-electron chi connectivity index (χ2n) is 7.57. The average Bonchev–Trinajstić information content (AvgIpc) is 3.19. The van der Waals surface area contributed by atoms with E-state index in [2.05, 4.69) is 9.88 Å². The van der Waals surface area contributed by atoms with Crippen LogP contribution in [0.25, 0.3) is 11.3 Å². The van der Waals surface area contributed by atoms with Crippen LogP contribution in [0.5, 0.6) is 0 Å². The van der Waals surface area contributed by atoms with Gasteiger partial charge in [0.15, 0.2) is 5.76 Å². The normalized spacial score (nSPS) is 16.1. The molecule has 1 aliphatic rings. The van der Waals surface area contributed by atoms with E-state index < -0.39 is 10.0 Å². The van der Waals surface area contributed by atoms with Crippen LogP contribution in [0.2, 0.25) is 0 Å². The van der Waals surface area contributed by atoms with Gasteiger partial charge in [-0.25, -0.2) is 17.8 Å². The molecule has 2 aromatic carbocycles. The number of hydrogen-bond donors (Lipinski definition) is 0. The Balaban J connectivity index is 1.39. The maximum absolute atomic E-state index is 13.1. The number of hydrogen-bond acceptors (Lipinski definition) is 5. The SMILES string of the molecule is Cc1ccc(C)c(S(=O)(=O)N2CCN(Cc3ncc(-c4ccc(F)cc4)o3)CC2)c1. The van der Waals surface area contributed by atoms with Gasteiger partial charge in [-0.05, 0) is 55.3 Å². The largest absolute Gasteiger partial charge is 0.439 e. The summed E-state index contributed by atoms with van der Waals surface area (Å²) in [7, 11) is -3.51. The van der Waals surface area contributed by atoms with Crippen molar-refractivity contribution in [1.82, 2.24) is 14.2 Å². The smallest absolute Gasteiger partial charge is 0.243 e. The first-order valence-corrected chi connectivity index (χ1v) is 11.3. The Morgan fingerprint density at radius 3 is 2.43 bits per heavy atom. The molecule has 0 unspecified atom stereocenters. The molecule has 0 N–H and O–H groups in total. The lowest BCUT2D eigenvalue weighted by atomic mass is 10.2. The Kier molecular flexibility index (Phi) is 5.73. The minimum absolute atomic E-state index is 0.299. The van der Waals surface area contributed by atoms with Crippen LogP contribution in [0.1, 0.15) is 17.0 Å². The van der Waals surface area contributed by atoms with E-state index in [-0.39, 0.29) is 5.82 Å². The molecule has 8 heteroatoms. The van der Waals surface area contributed by atoms with Gasteiger partial charge in [0.2, 0.25) is 15.9 Å². The van der Waals surface area contributed by atoms with Crippen molar-refractivity contribution < 1.29 is 17.2 Å². The van der Waals surface area contributed by atoms with Crippen LogP contribution in [0.3, 0.4) is 0 Å². The lowest BCUT2D eigenvalue weighted by Crippen LogP contribution is -2.48. The minimum atomic E-state index is -3.51. The summed E-state index contributed by atoms with van der Waals surface area (Å²) in [6.07, 6.45) is 1.63. The fourth-order valence-corrected chi connectivity index (χ4v) is 5.31. The molecule has 2 heterocycles. The summed E-state index contributed by atoms with van der Waals surface area (Å²) in [6.45, 7) is 6.24. The summed E-state index contributed by atoms with van der Waals surface area (Å²) in [4.78, 5) is 6.81. The molecule has 1 fully saturated rings. The number of nitrogens with zero attached hydrogens (tertiary/aromatic N) is 3. The van der Waals surface area contributed by atoms with E-state index in [4.69, 9.17) is 4.42 Å². The van der Waals surface area contributed by atoms with Gasteiger partial charge in [-0.3, -0.25) is 4.90 Å². The van der Waals surface area contributed by atoms with Gasteiger partial charge in [-0.1, -0.05) is 12.1 Å². The van der Waals surface area contributed by atoms with Gasteiger partial charge < -0.3 is 4.42 Å². The quantitative estimate of drug-likeness (QED) is 0.620. The van der Waals surface area contributed by atoms with Crippen molar-refractivity contribution in [1.29, 1.82) is 0 Å². The molecule has 0 atom stereocenters. The second-order valence-corrected chi connectivity index (χ2v) is 9.48. The van der Waals surface area contributed by atoms with Gasteiger partial charge in [0.25, 0.3) is 0 Å². The molecule has 0 saturated carbocycles. The molecule has 0 bridgehead atoms. The highest BCUT2D eigenvalue weighted by molar-refractivity contribution is 7.89. The van der Waals surface area contributed by atoms with Gasteiger partial charge in [0.1, 0.15) is 5.82 Å². The van der Waals surface area contributed by atoms with Gasteiger partial charge >= 0.3 is 0 Å². The first-order chi connectivity index (χ1) is 14.3. The van der Waals surface area contributed by atoms with E-state index in [0.29, 0.717) is 49.3 Å². The lowest BCUT2D eigenvalue weighted by molar-refractivity contribution is 0.168. The zero-order chi connectivity index (χ0) is 21.3. The van der Waals surface area contributed by atoms with Gasteiger partial charge in [0, 0.05) is 31.7 Å². The third-order valence-corrected chi connectivity index (χ3v) is 7.37. The molecule has 3 aromatic rings. The molecule has 4 rings (SSSR count). The standard InChI is InChI=1S/C22H24FN3O3S/c1-16-3-4-17(2)21(13-16)30(27,28)26-11-9-25(10-12-26)15-22-24-14-20(29-22)18-5-7-19(23)8-6-18/h3-8,13-14H,9-12,15H2,1-2H3. The van der Waals surface area contributed by atoms with Gasteiger partial charge in [-0.15, -0.1) is 0 Å². The van der Waals surface area contributed by atoms with Crippen LogP contribution >= 0.6 is 0 Å². The van der Waals surface area contributed by atoms with Crippen molar-refractivity contribution in [2.24, 2.45) is 0 Å². The van der Waals surface area contributed by atoms with E-state index in [1.165, 1.54) is 12.1 Å². The maximum atomic E-state index is 13.1. The van der Waals surface area contributed by atoms with Crippen LogP contribution in [-0.4, -0.2) is 48.8 Å². The number of sulfonamides is 1. The number of rotatable bonds is 5. The molecular weight excluding hydrogens is 405 g/mol. The summed E-state index contributed by atoms with van der Waals surface area (Å²) in [5.74, 6) is 0.841. The van der Waals surface area contributed by atoms with Crippen molar-refractivity contribution in [3.05, 3.63) is 71.5 Å². The Morgan fingerprint density at radius 2 is 1.73 bits per heavy atom. The average molecular weight is 430 g/mol. The highest BCUT2D eigenvalue weighted by Gasteiger charge is 2.30. The van der Waals surface area contributed by atoms with Gasteiger partial charge in [-0.2, -0.15) is 4.31 Å². The maximum Gasteiger partial charge on any atom is 0.243 e. The van der Waals surface area contributed by atoms with E-state index in [1.54, 1.807) is 28.7 Å². The molecule has 30 heavy (non-hydrogen) atoms. The first kappa shape index (κ1) is 20.7. The highest BCUT2D eigenvalue weighted by Crippen LogP contribution is 2.24. The number of oxazole rings is 1. The lowest BCUT2D eigenvalue weighted by Gasteiger charge is -2.33.